The number of urea groups is 1. The molecule has 0 aromatic heterocycles. The average molecular weight is 535 g/mol. The van der Waals surface area contributed by atoms with Crippen molar-refractivity contribution >= 4 is 17.9 Å². The van der Waals surface area contributed by atoms with E-state index < -0.39 is 12.0 Å². The van der Waals surface area contributed by atoms with E-state index in [1.165, 1.54) is 4.90 Å². The van der Waals surface area contributed by atoms with Gasteiger partial charge in [-0.1, -0.05) is 23.8 Å². The summed E-state index contributed by atoms with van der Waals surface area (Å²) in [5.74, 6) is 0.238. The van der Waals surface area contributed by atoms with E-state index in [1.54, 1.807) is 45.3 Å². The summed E-state index contributed by atoms with van der Waals surface area (Å²) in [6.45, 7) is 10.1. The monoisotopic (exact) mass is 534 g/mol. The Kier molecular flexibility index (Phi) is 8.60. The number of esters is 1. The second-order valence-corrected chi connectivity index (χ2v) is 10.2. The Balaban J connectivity index is 1.60. The quantitative estimate of drug-likeness (QED) is 0.545. The van der Waals surface area contributed by atoms with Crippen molar-refractivity contribution in [3.05, 3.63) is 76.0 Å². The normalized spacial score (nSPS) is 20.1. The molecule has 0 spiro atoms. The molecule has 0 bridgehead atoms. The first-order valence-corrected chi connectivity index (χ1v) is 13.3. The maximum absolute atomic E-state index is 13.4. The molecule has 2 aliphatic rings. The van der Waals surface area contributed by atoms with Gasteiger partial charge in [-0.3, -0.25) is 14.6 Å². The summed E-state index contributed by atoms with van der Waals surface area (Å²) < 4.78 is 10.7. The van der Waals surface area contributed by atoms with Crippen molar-refractivity contribution in [3.8, 4) is 5.75 Å². The predicted octanol–water partition coefficient (Wildman–Crippen LogP) is 3.67. The topological polar surface area (TPSA) is 91.4 Å². The van der Waals surface area contributed by atoms with E-state index >= 15 is 0 Å². The zero-order valence-electron chi connectivity index (χ0n) is 23.6. The van der Waals surface area contributed by atoms with Gasteiger partial charge < -0.3 is 19.7 Å². The van der Waals surface area contributed by atoms with Gasteiger partial charge in [-0.05, 0) is 63.1 Å². The number of nitrogens with one attached hydrogen (secondary N) is 1. The number of benzene rings is 2. The van der Waals surface area contributed by atoms with Crippen molar-refractivity contribution in [1.29, 1.82) is 0 Å². The van der Waals surface area contributed by atoms with Gasteiger partial charge in [-0.25, -0.2) is 9.59 Å². The van der Waals surface area contributed by atoms with Gasteiger partial charge in [-0.2, -0.15) is 0 Å². The molecule has 9 nitrogen and oxygen atoms in total. The fourth-order valence-electron chi connectivity index (χ4n) is 5.29. The van der Waals surface area contributed by atoms with Gasteiger partial charge in [0.25, 0.3) is 5.91 Å². The minimum Gasteiger partial charge on any atom is -0.497 e. The number of methoxy groups -OCH3 is 1. The summed E-state index contributed by atoms with van der Waals surface area (Å²) in [5, 5.41) is 3.01. The number of piperazine rings is 1. The maximum atomic E-state index is 13.4. The zero-order valence-corrected chi connectivity index (χ0v) is 23.6. The van der Waals surface area contributed by atoms with Gasteiger partial charge in [0.05, 0.1) is 25.3 Å². The van der Waals surface area contributed by atoms with Crippen LogP contribution in [0.2, 0.25) is 0 Å². The van der Waals surface area contributed by atoms with Gasteiger partial charge in [0, 0.05) is 50.5 Å². The number of nitrogens with zero attached hydrogens (tertiary/aromatic N) is 3. The molecule has 4 rings (SSSR count). The Bertz CT molecular complexity index is 1270. The molecule has 2 atom stereocenters. The second-order valence-electron chi connectivity index (χ2n) is 10.2. The minimum absolute atomic E-state index is 0.0274. The van der Waals surface area contributed by atoms with Crippen molar-refractivity contribution in [1.82, 2.24) is 20.0 Å². The molecule has 9 heteroatoms. The van der Waals surface area contributed by atoms with E-state index in [2.05, 4.69) is 10.2 Å². The molecule has 208 valence electrons. The lowest BCUT2D eigenvalue weighted by atomic mass is 9.90. The predicted molar refractivity (Wildman–Crippen MR) is 149 cm³/mol. The molecule has 0 saturated carbocycles. The van der Waals surface area contributed by atoms with Crippen LogP contribution in [0.15, 0.2) is 53.7 Å². The van der Waals surface area contributed by atoms with E-state index in [0.717, 1.165) is 16.7 Å². The second kappa shape index (κ2) is 11.9. The van der Waals surface area contributed by atoms with Crippen LogP contribution in [0.4, 0.5) is 4.79 Å². The molecule has 2 aromatic carbocycles. The highest BCUT2D eigenvalue weighted by Crippen LogP contribution is 2.34. The molecule has 1 saturated heterocycles. The summed E-state index contributed by atoms with van der Waals surface area (Å²) in [5.41, 5.74) is 4.57. The van der Waals surface area contributed by atoms with Crippen LogP contribution in [-0.4, -0.2) is 85.6 Å². The van der Waals surface area contributed by atoms with E-state index in [1.807, 2.05) is 43.9 Å². The third-order valence-electron chi connectivity index (χ3n) is 7.50. The molecule has 0 aliphatic carbocycles. The Morgan fingerprint density at radius 1 is 1.08 bits per heavy atom. The summed E-state index contributed by atoms with van der Waals surface area (Å²) in [6, 6.07) is 12.2. The molecule has 1 fully saturated rings. The highest BCUT2D eigenvalue weighted by Gasteiger charge is 2.39. The van der Waals surface area contributed by atoms with E-state index in [9.17, 15) is 14.4 Å². The summed E-state index contributed by atoms with van der Waals surface area (Å²) in [7, 11) is 3.27. The number of carbonyl (C=O) groups excluding carboxylic acids is 3. The number of aryl methyl sites for hydroxylation is 2. The lowest BCUT2D eigenvalue weighted by molar-refractivity contribution is -0.139. The smallest absolute Gasteiger partial charge is 0.338 e. The fourth-order valence-corrected chi connectivity index (χ4v) is 5.29. The van der Waals surface area contributed by atoms with Crippen LogP contribution in [0.25, 0.3) is 0 Å². The molecule has 0 unspecified atom stereocenters. The summed E-state index contributed by atoms with van der Waals surface area (Å²) >= 11 is 0. The Hall–Kier alpha value is -3.85. The maximum Gasteiger partial charge on any atom is 0.338 e. The Labute approximate surface area is 230 Å². The van der Waals surface area contributed by atoms with Gasteiger partial charge >= 0.3 is 12.0 Å². The van der Waals surface area contributed by atoms with Crippen molar-refractivity contribution < 1.29 is 23.9 Å². The number of amides is 3. The SMILES string of the molecule is CCOC(=O)C1=C(CN2CCN(C(=O)c3ccc(OC)cc3)[C@H](C)C2)N(C)C(=O)N[C@@H]1c1cc(C)ccc1C. The molecule has 39 heavy (non-hydrogen) atoms. The van der Waals surface area contributed by atoms with Crippen LogP contribution >= 0.6 is 0 Å². The van der Waals surface area contributed by atoms with Gasteiger partial charge in [-0.15, -0.1) is 0 Å². The van der Waals surface area contributed by atoms with Crippen LogP contribution in [0, 0.1) is 13.8 Å². The first-order valence-electron chi connectivity index (χ1n) is 13.3. The zero-order chi connectivity index (χ0) is 28.3. The highest BCUT2D eigenvalue weighted by atomic mass is 16.5. The molecule has 1 N–H and O–H groups in total. The van der Waals surface area contributed by atoms with Crippen molar-refractivity contribution in [2.45, 2.75) is 39.8 Å². The molecular weight excluding hydrogens is 496 g/mol. The standard InChI is InChI=1S/C30H38N4O5/c1-7-39-29(36)26-25(32(5)30(37)31-27(26)24-16-19(2)8-9-20(24)3)18-33-14-15-34(21(4)17-33)28(35)22-10-12-23(38-6)13-11-22/h8-13,16,21,27H,7,14-15,17-18H2,1-6H3,(H,31,37)/t21-,27-/m1/s1. The van der Waals surface area contributed by atoms with Crippen molar-refractivity contribution in [2.24, 2.45) is 0 Å². The lowest BCUT2D eigenvalue weighted by Crippen LogP contribution is -2.56. The number of ether oxygens (including phenoxy) is 2. The van der Waals surface area contributed by atoms with Crippen LogP contribution in [0.1, 0.15) is 46.9 Å². The van der Waals surface area contributed by atoms with Crippen LogP contribution in [0.3, 0.4) is 0 Å². The molecule has 0 radical (unpaired) electrons. The van der Waals surface area contributed by atoms with Gasteiger partial charge in [0.15, 0.2) is 0 Å². The molecule has 2 aromatic rings. The summed E-state index contributed by atoms with van der Waals surface area (Å²) in [6.07, 6.45) is 0. The first kappa shape index (κ1) is 28.2. The van der Waals surface area contributed by atoms with E-state index in [0.29, 0.717) is 48.8 Å². The molecular formula is C30H38N4O5. The molecule has 2 heterocycles. The van der Waals surface area contributed by atoms with E-state index in [4.69, 9.17) is 9.47 Å². The number of carbonyl (C=O) groups is 3. The molecule has 3 amide bonds. The number of rotatable bonds is 7. The Morgan fingerprint density at radius 3 is 2.44 bits per heavy atom. The lowest BCUT2D eigenvalue weighted by Gasteiger charge is -2.42. The van der Waals surface area contributed by atoms with Crippen LogP contribution in [0.5, 0.6) is 5.75 Å². The van der Waals surface area contributed by atoms with Gasteiger partial charge in [0.2, 0.25) is 0 Å². The third kappa shape index (κ3) is 5.93. The summed E-state index contributed by atoms with van der Waals surface area (Å²) in [4.78, 5) is 45.2. The molecule has 2 aliphatic heterocycles. The third-order valence-corrected chi connectivity index (χ3v) is 7.50. The fraction of sp³-hybridized carbons (Fsp3) is 0.433. The minimum atomic E-state index is -0.613. The Morgan fingerprint density at radius 2 is 1.79 bits per heavy atom. The van der Waals surface area contributed by atoms with Crippen molar-refractivity contribution in [2.75, 3.05) is 46.9 Å². The largest absolute Gasteiger partial charge is 0.497 e. The van der Waals surface area contributed by atoms with Crippen LogP contribution < -0.4 is 10.1 Å². The first-order chi connectivity index (χ1) is 18.6. The van der Waals surface area contributed by atoms with Crippen LogP contribution in [-0.2, 0) is 9.53 Å². The number of hydrogen-bond donors (Lipinski definition) is 1. The highest BCUT2D eigenvalue weighted by molar-refractivity contribution is 5.96. The van der Waals surface area contributed by atoms with Gasteiger partial charge in [0.1, 0.15) is 5.75 Å². The van der Waals surface area contributed by atoms with Crippen molar-refractivity contribution in [3.63, 3.8) is 0 Å². The van der Waals surface area contributed by atoms with E-state index in [-0.39, 0.29) is 24.6 Å². The average Bonchev–Trinajstić information content (AvgIpc) is 2.92. The number of hydrogen-bond acceptors (Lipinski definition) is 6. The number of likely N-dealkylation sites (N-methyl/N-ethyl adjacent to an activating group) is 1.